The summed E-state index contributed by atoms with van der Waals surface area (Å²) in [6.07, 6.45) is 1.02. The Bertz CT molecular complexity index is 77.0. The lowest BCUT2D eigenvalue weighted by molar-refractivity contribution is 0.367. The van der Waals surface area contributed by atoms with Crippen molar-refractivity contribution >= 4 is 0 Å². The normalized spacial score (nSPS) is 15.7. The standard InChI is InChI=1S/C7H18N2/c1-6(8)5-7(2,3)9-4/h6,9H,5,8H2,1-4H3. The highest BCUT2D eigenvalue weighted by Crippen LogP contribution is 2.08. The molecule has 1 unspecified atom stereocenters. The van der Waals surface area contributed by atoms with Crippen LogP contribution in [0, 0.1) is 0 Å². The van der Waals surface area contributed by atoms with Gasteiger partial charge in [0, 0.05) is 11.6 Å². The molecule has 0 amide bonds. The van der Waals surface area contributed by atoms with Gasteiger partial charge in [-0.25, -0.2) is 0 Å². The number of hydrogen-bond donors (Lipinski definition) is 2. The molecule has 0 aliphatic heterocycles. The third-order valence-electron chi connectivity index (χ3n) is 1.51. The summed E-state index contributed by atoms with van der Waals surface area (Å²) in [5, 5.41) is 3.19. The fourth-order valence-electron chi connectivity index (χ4n) is 0.907. The fourth-order valence-corrected chi connectivity index (χ4v) is 0.907. The fraction of sp³-hybridized carbons (Fsp3) is 1.00. The summed E-state index contributed by atoms with van der Waals surface area (Å²) < 4.78 is 0. The number of nitrogens with two attached hydrogens (primary N) is 1. The Balaban J connectivity index is 3.58. The molecule has 0 bridgehead atoms. The molecule has 56 valence electrons. The van der Waals surface area contributed by atoms with Crippen molar-refractivity contribution < 1.29 is 0 Å². The lowest BCUT2D eigenvalue weighted by Gasteiger charge is -2.25. The van der Waals surface area contributed by atoms with Crippen molar-refractivity contribution in [2.75, 3.05) is 7.05 Å². The van der Waals surface area contributed by atoms with Crippen LogP contribution in [0.4, 0.5) is 0 Å². The van der Waals surface area contributed by atoms with Gasteiger partial charge in [0.2, 0.25) is 0 Å². The van der Waals surface area contributed by atoms with Crippen molar-refractivity contribution in [2.45, 2.75) is 38.8 Å². The van der Waals surface area contributed by atoms with Gasteiger partial charge in [-0.3, -0.25) is 0 Å². The highest BCUT2D eigenvalue weighted by atomic mass is 14.9. The number of rotatable bonds is 3. The highest BCUT2D eigenvalue weighted by molar-refractivity contribution is 4.78. The lowest BCUT2D eigenvalue weighted by atomic mass is 9.97. The van der Waals surface area contributed by atoms with E-state index in [1.807, 2.05) is 14.0 Å². The van der Waals surface area contributed by atoms with E-state index in [4.69, 9.17) is 5.73 Å². The van der Waals surface area contributed by atoms with Crippen LogP contribution in [-0.2, 0) is 0 Å². The Hall–Kier alpha value is -0.0800. The van der Waals surface area contributed by atoms with Crippen LogP contribution in [-0.4, -0.2) is 18.6 Å². The minimum atomic E-state index is 0.189. The van der Waals surface area contributed by atoms with Crippen LogP contribution in [0.5, 0.6) is 0 Å². The Kier molecular flexibility index (Phi) is 3.15. The first kappa shape index (κ1) is 8.92. The van der Waals surface area contributed by atoms with E-state index in [0.717, 1.165) is 6.42 Å². The highest BCUT2D eigenvalue weighted by Gasteiger charge is 2.15. The van der Waals surface area contributed by atoms with Gasteiger partial charge in [0.25, 0.3) is 0 Å². The van der Waals surface area contributed by atoms with E-state index in [1.54, 1.807) is 0 Å². The molecule has 1 atom stereocenters. The van der Waals surface area contributed by atoms with Crippen molar-refractivity contribution in [3.8, 4) is 0 Å². The molecule has 2 nitrogen and oxygen atoms in total. The van der Waals surface area contributed by atoms with Crippen LogP contribution in [0.1, 0.15) is 27.2 Å². The SMILES string of the molecule is CNC(C)(C)CC(C)N. The van der Waals surface area contributed by atoms with Crippen molar-refractivity contribution in [1.29, 1.82) is 0 Å². The number of hydrogen-bond acceptors (Lipinski definition) is 2. The molecule has 0 saturated heterocycles. The zero-order valence-electron chi connectivity index (χ0n) is 6.86. The van der Waals surface area contributed by atoms with Crippen LogP contribution in [0.2, 0.25) is 0 Å². The first-order valence-electron chi connectivity index (χ1n) is 3.42. The summed E-state index contributed by atoms with van der Waals surface area (Å²) in [5.41, 5.74) is 5.80. The molecular weight excluding hydrogens is 112 g/mol. The van der Waals surface area contributed by atoms with Gasteiger partial charge >= 0.3 is 0 Å². The third-order valence-corrected chi connectivity index (χ3v) is 1.51. The molecule has 0 saturated carbocycles. The lowest BCUT2D eigenvalue weighted by Crippen LogP contribution is -2.41. The Morgan fingerprint density at radius 3 is 2.11 bits per heavy atom. The van der Waals surface area contributed by atoms with Crippen molar-refractivity contribution in [3.63, 3.8) is 0 Å². The van der Waals surface area contributed by atoms with Gasteiger partial charge in [-0.1, -0.05) is 0 Å². The second-order valence-corrected chi connectivity index (χ2v) is 3.32. The smallest absolute Gasteiger partial charge is 0.0136 e. The Labute approximate surface area is 57.8 Å². The quantitative estimate of drug-likeness (QED) is 0.591. The molecule has 0 aliphatic rings. The predicted octanol–water partition coefficient (Wildman–Crippen LogP) is 0.722. The van der Waals surface area contributed by atoms with Gasteiger partial charge in [0.05, 0.1) is 0 Å². The number of nitrogens with one attached hydrogen (secondary N) is 1. The molecule has 0 aliphatic carbocycles. The molecule has 3 N–H and O–H groups in total. The topological polar surface area (TPSA) is 38.0 Å². The van der Waals surface area contributed by atoms with E-state index in [1.165, 1.54) is 0 Å². The average Bonchev–Trinajstić information content (AvgIpc) is 1.63. The predicted molar refractivity (Wildman–Crippen MR) is 41.4 cm³/mol. The molecule has 0 aromatic heterocycles. The second kappa shape index (κ2) is 3.18. The van der Waals surface area contributed by atoms with Crippen LogP contribution in [0.25, 0.3) is 0 Å². The molecular formula is C7H18N2. The van der Waals surface area contributed by atoms with Crippen molar-refractivity contribution in [1.82, 2.24) is 5.32 Å². The van der Waals surface area contributed by atoms with E-state index < -0.39 is 0 Å². The van der Waals surface area contributed by atoms with Gasteiger partial charge in [-0.05, 0) is 34.2 Å². The third kappa shape index (κ3) is 4.43. The van der Waals surface area contributed by atoms with Crippen LogP contribution in [0.3, 0.4) is 0 Å². The first-order valence-corrected chi connectivity index (χ1v) is 3.42. The molecule has 0 spiro atoms. The Morgan fingerprint density at radius 2 is 2.00 bits per heavy atom. The molecule has 0 fully saturated rings. The zero-order chi connectivity index (χ0) is 7.49. The van der Waals surface area contributed by atoms with Crippen molar-refractivity contribution in [2.24, 2.45) is 5.73 Å². The van der Waals surface area contributed by atoms with E-state index in [9.17, 15) is 0 Å². The maximum atomic E-state index is 5.61. The summed E-state index contributed by atoms with van der Waals surface area (Å²) >= 11 is 0. The van der Waals surface area contributed by atoms with Gasteiger partial charge in [-0.15, -0.1) is 0 Å². The maximum Gasteiger partial charge on any atom is 0.0136 e. The van der Waals surface area contributed by atoms with Gasteiger partial charge in [0.15, 0.2) is 0 Å². The van der Waals surface area contributed by atoms with Crippen LogP contribution < -0.4 is 11.1 Å². The minimum Gasteiger partial charge on any atom is -0.328 e. The second-order valence-electron chi connectivity index (χ2n) is 3.32. The molecule has 2 heteroatoms. The minimum absolute atomic E-state index is 0.189. The van der Waals surface area contributed by atoms with Crippen molar-refractivity contribution in [3.05, 3.63) is 0 Å². The summed E-state index contributed by atoms with van der Waals surface area (Å²) in [6, 6.07) is 0.285. The summed E-state index contributed by atoms with van der Waals surface area (Å²) in [7, 11) is 1.96. The molecule has 0 aromatic carbocycles. The molecule has 0 radical (unpaired) electrons. The van der Waals surface area contributed by atoms with Crippen LogP contribution in [0.15, 0.2) is 0 Å². The average molecular weight is 130 g/mol. The van der Waals surface area contributed by atoms with E-state index in [2.05, 4.69) is 19.2 Å². The summed E-state index contributed by atoms with van der Waals surface area (Å²) in [4.78, 5) is 0. The monoisotopic (exact) mass is 130 g/mol. The zero-order valence-corrected chi connectivity index (χ0v) is 6.86. The molecule has 0 heterocycles. The first-order chi connectivity index (χ1) is 3.98. The largest absolute Gasteiger partial charge is 0.328 e. The Morgan fingerprint density at radius 1 is 1.56 bits per heavy atom. The van der Waals surface area contributed by atoms with E-state index in [0.29, 0.717) is 0 Å². The maximum absolute atomic E-state index is 5.61. The van der Waals surface area contributed by atoms with E-state index in [-0.39, 0.29) is 11.6 Å². The summed E-state index contributed by atoms with van der Waals surface area (Å²) in [6.45, 7) is 6.33. The molecule has 0 rings (SSSR count). The van der Waals surface area contributed by atoms with Gasteiger partial charge in [0.1, 0.15) is 0 Å². The van der Waals surface area contributed by atoms with Gasteiger partial charge in [-0.2, -0.15) is 0 Å². The van der Waals surface area contributed by atoms with Crippen LogP contribution >= 0.6 is 0 Å². The summed E-state index contributed by atoms with van der Waals surface area (Å²) in [5.74, 6) is 0. The molecule has 0 aromatic rings. The van der Waals surface area contributed by atoms with Gasteiger partial charge < -0.3 is 11.1 Å². The molecule has 9 heavy (non-hydrogen) atoms. The van der Waals surface area contributed by atoms with E-state index >= 15 is 0 Å².